The molecule has 0 spiro atoms. The third kappa shape index (κ3) is 7.79. The van der Waals surface area contributed by atoms with Gasteiger partial charge in [0.2, 0.25) is 0 Å². The fourth-order valence-electron chi connectivity index (χ4n) is 6.53. The number of rotatable bonds is 8. The van der Waals surface area contributed by atoms with Gasteiger partial charge in [-0.2, -0.15) is 0 Å². The minimum atomic E-state index is -0.0615. The Morgan fingerprint density at radius 1 is 0.913 bits per heavy atom. The number of urea groups is 2. The molecule has 0 saturated carbocycles. The van der Waals surface area contributed by atoms with Gasteiger partial charge in [-0.1, -0.05) is 0 Å². The number of morpholine rings is 1. The Kier molecular flexibility index (Phi) is 10.3. The van der Waals surface area contributed by atoms with E-state index < -0.39 is 0 Å². The fraction of sp³-hybridized carbons (Fsp3) is 0.529. The minimum absolute atomic E-state index is 0.0615. The molecule has 6 rings (SSSR count). The second kappa shape index (κ2) is 15.0. The normalized spacial score (nSPS) is 18.1. The van der Waals surface area contributed by atoms with Crippen molar-refractivity contribution in [3.05, 3.63) is 54.5 Å². The molecule has 0 bridgehead atoms. The van der Waals surface area contributed by atoms with Crippen LogP contribution in [0.15, 0.2) is 48.8 Å². The largest absolute Gasteiger partial charge is 0.493 e. The molecule has 0 unspecified atom stereocenters. The molecule has 246 valence electrons. The van der Waals surface area contributed by atoms with Crippen molar-refractivity contribution in [2.75, 3.05) is 103 Å². The van der Waals surface area contributed by atoms with Gasteiger partial charge < -0.3 is 34.4 Å². The summed E-state index contributed by atoms with van der Waals surface area (Å²) in [6.45, 7) is 9.51. The molecule has 3 aliphatic rings. The Morgan fingerprint density at radius 2 is 1.65 bits per heavy atom. The lowest BCUT2D eigenvalue weighted by atomic mass is 9.91. The van der Waals surface area contributed by atoms with Gasteiger partial charge in [0.15, 0.2) is 0 Å². The van der Waals surface area contributed by atoms with Crippen LogP contribution in [-0.4, -0.2) is 134 Å². The first-order valence-electron chi connectivity index (χ1n) is 16.5. The second-order valence-corrected chi connectivity index (χ2v) is 12.5. The van der Waals surface area contributed by atoms with E-state index in [1.165, 1.54) is 0 Å². The molecule has 3 aliphatic heterocycles. The van der Waals surface area contributed by atoms with Crippen molar-refractivity contribution in [2.24, 2.45) is 0 Å². The van der Waals surface area contributed by atoms with E-state index in [-0.39, 0.29) is 18.0 Å². The quantitative estimate of drug-likeness (QED) is 0.373. The number of anilines is 2. The van der Waals surface area contributed by atoms with Gasteiger partial charge in [-0.25, -0.2) is 19.6 Å². The number of nitrogens with zero attached hydrogens (tertiary/aromatic N) is 7. The molecule has 2 aromatic carbocycles. The lowest BCUT2D eigenvalue weighted by molar-refractivity contribution is 0.119. The van der Waals surface area contributed by atoms with Crippen molar-refractivity contribution in [1.82, 2.24) is 29.6 Å². The van der Waals surface area contributed by atoms with Crippen molar-refractivity contribution in [3.8, 4) is 5.75 Å². The Labute approximate surface area is 271 Å². The van der Waals surface area contributed by atoms with Gasteiger partial charge in [-0.05, 0) is 55.7 Å². The van der Waals surface area contributed by atoms with Crippen LogP contribution in [0, 0.1) is 0 Å². The van der Waals surface area contributed by atoms with Gasteiger partial charge in [0, 0.05) is 102 Å². The molecule has 1 N–H and O–H groups in total. The number of piperidine rings is 1. The molecular formula is C34H46N8O4. The van der Waals surface area contributed by atoms with Crippen LogP contribution in [0.3, 0.4) is 0 Å². The first-order chi connectivity index (χ1) is 22.4. The molecule has 4 heterocycles. The van der Waals surface area contributed by atoms with Gasteiger partial charge in [-0.3, -0.25) is 4.90 Å². The lowest BCUT2D eigenvalue weighted by Gasteiger charge is -2.35. The number of likely N-dealkylation sites (tertiary alicyclic amines) is 1. The average molecular weight is 631 g/mol. The summed E-state index contributed by atoms with van der Waals surface area (Å²) in [5.41, 5.74) is 3.88. The molecule has 0 radical (unpaired) electrons. The van der Waals surface area contributed by atoms with Crippen LogP contribution in [-0.2, 0) is 4.74 Å². The SMILES string of the molecule is CN(C)C(=O)N1CCN(CCCOc2ccc3c(C4CCN(C(=O)Nc5ccc(N6CCOCC6)cc5)CC4)ncnc3c2)CC1. The van der Waals surface area contributed by atoms with Crippen LogP contribution >= 0.6 is 0 Å². The van der Waals surface area contributed by atoms with E-state index in [1.807, 2.05) is 34.1 Å². The van der Waals surface area contributed by atoms with E-state index in [1.54, 1.807) is 25.3 Å². The molecule has 12 heteroatoms. The number of nitrogens with one attached hydrogen (secondary N) is 1. The predicted molar refractivity (Wildman–Crippen MR) is 179 cm³/mol. The summed E-state index contributed by atoms with van der Waals surface area (Å²) in [4.78, 5) is 44.5. The van der Waals surface area contributed by atoms with E-state index in [4.69, 9.17) is 9.47 Å². The van der Waals surface area contributed by atoms with Crippen LogP contribution in [0.4, 0.5) is 21.0 Å². The molecule has 1 aromatic heterocycles. The van der Waals surface area contributed by atoms with Crippen LogP contribution in [0.5, 0.6) is 5.75 Å². The summed E-state index contributed by atoms with van der Waals surface area (Å²) in [5.74, 6) is 1.07. The van der Waals surface area contributed by atoms with Gasteiger partial charge in [0.25, 0.3) is 0 Å². The first kappa shape index (κ1) is 31.8. The summed E-state index contributed by atoms with van der Waals surface area (Å²) < 4.78 is 11.5. The maximum atomic E-state index is 13.0. The number of ether oxygens (including phenoxy) is 2. The zero-order chi connectivity index (χ0) is 31.9. The minimum Gasteiger partial charge on any atom is -0.493 e. The van der Waals surface area contributed by atoms with Gasteiger partial charge in [-0.15, -0.1) is 0 Å². The third-order valence-electron chi connectivity index (χ3n) is 9.22. The van der Waals surface area contributed by atoms with Crippen molar-refractivity contribution in [3.63, 3.8) is 0 Å². The number of hydrogen-bond donors (Lipinski definition) is 1. The maximum absolute atomic E-state index is 13.0. The van der Waals surface area contributed by atoms with E-state index in [0.717, 1.165) is 112 Å². The number of carbonyl (C=O) groups excluding carboxylic acids is 2. The van der Waals surface area contributed by atoms with E-state index in [9.17, 15) is 9.59 Å². The van der Waals surface area contributed by atoms with Crippen molar-refractivity contribution in [1.29, 1.82) is 0 Å². The summed E-state index contributed by atoms with van der Waals surface area (Å²) in [5, 5.41) is 4.11. The van der Waals surface area contributed by atoms with E-state index >= 15 is 0 Å². The highest BCUT2D eigenvalue weighted by molar-refractivity contribution is 5.89. The Bertz CT molecular complexity index is 1460. The Morgan fingerprint density at radius 3 is 2.37 bits per heavy atom. The van der Waals surface area contributed by atoms with Gasteiger partial charge in [0.05, 0.1) is 31.0 Å². The predicted octanol–water partition coefficient (Wildman–Crippen LogP) is 3.95. The zero-order valence-electron chi connectivity index (χ0n) is 27.1. The van der Waals surface area contributed by atoms with Crippen molar-refractivity contribution >= 4 is 34.3 Å². The molecule has 3 aromatic rings. The zero-order valence-corrected chi connectivity index (χ0v) is 27.1. The smallest absolute Gasteiger partial charge is 0.321 e. The van der Waals surface area contributed by atoms with E-state index in [2.05, 4.69) is 43.3 Å². The number of carbonyl (C=O) groups is 2. The number of hydrogen-bond acceptors (Lipinski definition) is 8. The van der Waals surface area contributed by atoms with Crippen LogP contribution in [0.1, 0.15) is 30.9 Å². The topological polar surface area (TPSA) is 107 Å². The van der Waals surface area contributed by atoms with Crippen LogP contribution in [0.25, 0.3) is 10.9 Å². The van der Waals surface area contributed by atoms with Gasteiger partial charge >= 0.3 is 12.1 Å². The highest BCUT2D eigenvalue weighted by Crippen LogP contribution is 2.32. The molecule has 0 aliphatic carbocycles. The molecule has 46 heavy (non-hydrogen) atoms. The number of piperazine rings is 1. The van der Waals surface area contributed by atoms with Crippen LogP contribution in [0.2, 0.25) is 0 Å². The summed E-state index contributed by atoms with van der Waals surface area (Å²) in [6.07, 6.45) is 4.26. The van der Waals surface area contributed by atoms with Crippen LogP contribution < -0.4 is 15.0 Å². The molecule has 3 fully saturated rings. The fourth-order valence-corrected chi connectivity index (χ4v) is 6.53. The number of benzene rings is 2. The molecule has 4 amide bonds. The lowest BCUT2D eigenvalue weighted by Crippen LogP contribution is -2.51. The standard InChI is InChI=1S/C34H46N8O4/c1-38(2)34(44)42-17-15-39(16-18-42)12-3-21-46-29-8-9-30-31(24-29)35-25-36-32(30)26-10-13-41(14-11-26)33(43)37-27-4-6-28(7-5-27)40-19-22-45-23-20-40/h4-9,24-26H,3,10-23H2,1-2H3,(H,37,43). The summed E-state index contributed by atoms with van der Waals surface area (Å²) in [7, 11) is 3.59. The third-order valence-corrected chi connectivity index (χ3v) is 9.22. The second-order valence-electron chi connectivity index (χ2n) is 12.5. The summed E-state index contributed by atoms with van der Waals surface area (Å²) >= 11 is 0. The maximum Gasteiger partial charge on any atom is 0.321 e. The molecular weight excluding hydrogens is 584 g/mol. The molecule has 3 saturated heterocycles. The molecule has 0 atom stereocenters. The highest BCUT2D eigenvalue weighted by Gasteiger charge is 2.26. The number of fused-ring (bicyclic) bond motifs is 1. The highest BCUT2D eigenvalue weighted by atomic mass is 16.5. The van der Waals surface area contributed by atoms with E-state index in [0.29, 0.717) is 19.7 Å². The molecule has 12 nitrogen and oxygen atoms in total. The van der Waals surface area contributed by atoms with Crippen molar-refractivity contribution < 1.29 is 19.1 Å². The average Bonchev–Trinajstić information content (AvgIpc) is 3.10. The number of amides is 4. The van der Waals surface area contributed by atoms with Gasteiger partial charge in [0.1, 0.15) is 12.1 Å². The Balaban J connectivity index is 0.953. The Hall–Kier alpha value is -4.16. The first-order valence-corrected chi connectivity index (χ1v) is 16.5. The van der Waals surface area contributed by atoms with Crippen molar-refractivity contribution in [2.45, 2.75) is 25.2 Å². The number of aromatic nitrogens is 2. The summed E-state index contributed by atoms with van der Waals surface area (Å²) in [6, 6.07) is 14.2. The monoisotopic (exact) mass is 630 g/mol.